The van der Waals surface area contributed by atoms with E-state index in [1.165, 1.54) is 0 Å². The Morgan fingerprint density at radius 3 is 2.77 bits per heavy atom. The van der Waals surface area contributed by atoms with Crippen LogP contribution < -0.4 is 5.32 Å². The minimum Gasteiger partial charge on any atom is -0.393 e. The second kappa shape index (κ2) is 9.41. The zero-order valence-corrected chi connectivity index (χ0v) is 17.7. The van der Waals surface area contributed by atoms with E-state index < -0.39 is 0 Å². The lowest BCUT2D eigenvalue weighted by Crippen LogP contribution is -2.49. The van der Waals surface area contributed by atoms with E-state index in [9.17, 15) is 14.7 Å². The van der Waals surface area contributed by atoms with Crippen molar-refractivity contribution in [1.82, 2.24) is 25.0 Å². The molecule has 8 nitrogen and oxygen atoms in total. The molecule has 3 fully saturated rings. The molecule has 0 aliphatic carbocycles. The van der Waals surface area contributed by atoms with Crippen LogP contribution in [0.15, 0.2) is 24.4 Å². The summed E-state index contributed by atoms with van der Waals surface area (Å²) in [6.45, 7) is 3.40. The van der Waals surface area contributed by atoms with E-state index in [0.29, 0.717) is 45.4 Å². The molecule has 0 saturated carbocycles. The third-order valence-corrected chi connectivity index (χ3v) is 6.95. The number of aliphatic hydroxyl groups excluding tert-OH is 1. The Morgan fingerprint density at radius 2 is 2.03 bits per heavy atom. The molecule has 3 aliphatic rings. The summed E-state index contributed by atoms with van der Waals surface area (Å²) in [6.07, 6.45) is 5.01. The summed E-state index contributed by atoms with van der Waals surface area (Å²) >= 11 is 0. The SMILES string of the molecule is CN1[C@@H](CCC(=O)N2CCC(O)CC2)CNC(=O)[C@@H]2[C@@H]1CCN2Cc1ccccn1. The second-order valence-electron chi connectivity index (χ2n) is 8.81. The number of hydrogen-bond acceptors (Lipinski definition) is 6. The van der Waals surface area contributed by atoms with Gasteiger partial charge in [-0.2, -0.15) is 0 Å². The molecule has 0 aromatic carbocycles. The molecular weight excluding hydrogens is 382 g/mol. The van der Waals surface area contributed by atoms with Crippen molar-refractivity contribution >= 4 is 11.8 Å². The molecule has 30 heavy (non-hydrogen) atoms. The number of carbonyl (C=O) groups is 2. The van der Waals surface area contributed by atoms with Crippen LogP contribution in [0.3, 0.4) is 0 Å². The number of nitrogens with zero attached hydrogens (tertiary/aromatic N) is 4. The number of aromatic nitrogens is 1. The standard InChI is InChI=1S/C22H33N5O3/c1-25-17(5-6-20(29)26-11-7-18(28)8-12-26)14-24-22(30)21-19(25)9-13-27(21)15-16-4-2-3-10-23-16/h2-4,10,17-19,21,28H,5-9,11-15H2,1H3,(H,24,30)/t17-,19-,21-/m0/s1. The zero-order chi connectivity index (χ0) is 21.1. The number of hydrogen-bond donors (Lipinski definition) is 2. The number of piperidine rings is 1. The van der Waals surface area contributed by atoms with Gasteiger partial charge >= 0.3 is 0 Å². The van der Waals surface area contributed by atoms with Crippen LogP contribution in [-0.4, -0.2) is 94.1 Å². The van der Waals surface area contributed by atoms with E-state index >= 15 is 0 Å². The van der Waals surface area contributed by atoms with Crippen molar-refractivity contribution in [2.45, 2.75) is 62.9 Å². The molecule has 0 spiro atoms. The molecule has 1 aromatic rings. The Hall–Kier alpha value is -2.03. The molecule has 3 aliphatic heterocycles. The van der Waals surface area contributed by atoms with Crippen LogP contribution in [0, 0.1) is 0 Å². The Balaban J connectivity index is 1.35. The van der Waals surface area contributed by atoms with Crippen molar-refractivity contribution in [3.05, 3.63) is 30.1 Å². The lowest BCUT2D eigenvalue weighted by atomic mass is 10.0. The van der Waals surface area contributed by atoms with E-state index in [-0.39, 0.29) is 36.0 Å². The first-order valence-electron chi connectivity index (χ1n) is 11.1. The highest BCUT2D eigenvalue weighted by Crippen LogP contribution is 2.28. The van der Waals surface area contributed by atoms with Crippen LogP contribution in [0.4, 0.5) is 0 Å². The number of amides is 2. The van der Waals surface area contributed by atoms with Gasteiger partial charge in [0.15, 0.2) is 0 Å². The summed E-state index contributed by atoms with van der Waals surface area (Å²) in [5.74, 6) is 0.241. The van der Waals surface area contributed by atoms with Crippen molar-refractivity contribution < 1.29 is 14.7 Å². The molecule has 0 unspecified atom stereocenters. The average molecular weight is 416 g/mol. The Morgan fingerprint density at radius 1 is 1.23 bits per heavy atom. The lowest BCUT2D eigenvalue weighted by molar-refractivity contribution is -0.133. The van der Waals surface area contributed by atoms with E-state index in [1.807, 2.05) is 23.1 Å². The number of rotatable bonds is 5. The van der Waals surface area contributed by atoms with Gasteiger partial charge in [0.2, 0.25) is 11.8 Å². The topological polar surface area (TPSA) is 89.0 Å². The molecule has 164 valence electrons. The minimum atomic E-state index is -0.273. The van der Waals surface area contributed by atoms with Gasteiger partial charge in [0.25, 0.3) is 0 Å². The molecular formula is C22H33N5O3. The number of nitrogens with one attached hydrogen (secondary N) is 1. The molecule has 1 aromatic heterocycles. The van der Waals surface area contributed by atoms with Crippen LogP contribution in [0.5, 0.6) is 0 Å². The quantitative estimate of drug-likeness (QED) is 0.715. The molecule has 2 N–H and O–H groups in total. The first kappa shape index (κ1) is 21.2. The molecule has 4 rings (SSSR count). The van der Waals surface area contributed by atoms with Crippen molar-refractivity contribution in [2.75, 3.05) is 33.2 Å². The maximum atomic E-state index is 12.9. The van der Waals surface area contributed by atoms with Crippen LogP contribution in [0.1, 0.15) is 37.8 Å². The zero-order valence-electron chi connectivity index (χ0n) is 17.7. The summed E-state index contributed by atoms with van der Waals surface area (Å²) < 4.78 is 0. The molecule has 0 radical (unpaired) electrons. The van der Waals surface area contributed by atoms with E-state index in [0.717, 1.165) is 25.1 Å². The first-order valence-corrected chi connectivity index (χ1v) is 11.1. The Labute approximate surface area is 178 Å². The fourth-order valence-corrected chi connectivity index (χ4v) is 5.09. The fourth-order valence-electron chi connectivity index (χ4n) is 5.09. The van der Waals surface area contributed by atoms with Gasteiger partial charge in [-0.3, -0.25) is 24.4 Å². The van der Waals surface area contributed by atoms with Crippen molar-refractivity contribution in [2.24, 2.45) is 0 Å². The first-order chi connectivity index (χ1) is 14.5. The van der Waals surface area contributed by atoms with Gasteiger partial charge in [-0.1, -0.05) is 6.07 Å². The van der Waals surface area contributed by atoms with Gasteiger partial charge in [0.1, 0.15) is 6.04 Å². The number of pyridine rings is 1. The van der Waals surface area contributed by atoms with Gasteiger partial charge in [-0.25, -0.2) is 0 Å². The smallest absolute Gasteiger partial charge is 0.239 e. The van der Waals surface area contributed by atoms with Crippen LogP contribution in [-0.2, 0) is 16.1 Å². The monoisotopic (exact) mass is 415 g/mol. The van der Waals surface area contributed by atoms with Gasteiger partial charge < -0.3 is 15.3 Å². The number of likely N-dealkylation sites (tertiary alicyclic amines) is 2. The third kappa shape index (κ3) is 4.66. The average Bonchev–Trinajstić information content (AvgIpc) is 3.12. The largest absolute Gasteiger partial charge is 0.393 e. The lowest BCUT2D eigenvalue weighted by Gasteiger charge is -2.34. The minimum absolute atomic E-state index is 0.0825. The summed E-state index contributed by atoms with van der Waals surface area (Å²) in [7, 11) is 2.09. The second-order valence-corrected chi connectivity index (χ2v) is 8.81. The maximum absolute atomic E-state index is 12.9. The fraction of sp³-hybridized carbons (Fsp3) is 0.682. The highest BCUT2D eigenvalue weighted by atomic mass is 16.3. The number of likely N-dealkylation sites (N-methyl/N-ethyl adjacent to an activating group) is 1. The number of carbonyl (C=O) groups excluding carboxylic acids is 2. The van der Waals surface area contributed by atoms with Crippen molar-refractivity contribution in [1.29, 1.82) is 0 Å². The van der Waals surface area contributed by atoms with E-state index in [4.69, 9.17) is 0 Å². The van der Waals surface area contributed by atoms with Crippen molar-refractivity contribution in [3.63, 3.8) is 0 Å². The molecule has 8 heteroatoms. The molecule has 2 amide bonds. The third-order valence-electron chi connectivity index (χ3n) is 6.95. The predicted molar refractivity (Wildman–Crippen MR) is 112 cm³/mol. The van der Waals surface area contributed by atoms with E-state index in [2.05, 4.69) is 27.1 Å². The molecule has 3 saturated heterocycles. The molecule has 0 bridgehead atoms. The Kier molecular flexibility index (Phi) is 6.65. The van der Waals surface area contributed by atoms with Gasteiger partial charge in [0, 0.05) is 57.4 Å². The van der Waals surface area contributed by atoms with Crippen LogP contribution >= 0.6 is 0 Å². The van der Waals surface area contributed by atoms with Crippen molar-refractivity contribution in [3.8, 4) is 0 Å². The maximum Gasteiger partial charge on any atom is 0.239 e. The summed E-state index contributed by atoms with van der Waals surface area (Å²) in [5, 5.41) is 12.8. The molecule has 3 atom stereocenters. The number of fused-ring (bicyclic) bond motifs is 1. The summed E-state index contributed by atoms with van der Waals surface area (Å²) in [6, 6.07) is 6.01. The normalized spacial score (nSPS) is 28.8. The van der Waals surface area contributed by atoms with Gasteiger partial charge in [0.05, 0.1) is 11.8 Å². The molecule has 4 heterocycles. The Bertz CT molecular complexity index is 738. The highest BCUT2D eigenvalue weighted by Gasteiger charge is 2.45. The van der Waals surface area contributed by atoms with Crippen LogP contribution in [0.2, 0.25) is 0 Å². The van der Waals surface area contributed by atoms with Gasteiger partial charge in [-0.15, -0.1) is 0 Å². The van der Waals surface area contributed by atoms with Gasteiger partial charge in [-0.05, 0) is 44.9 Å². The van der Waals surface area contributed by atoms with Crippen LogP contribution in [0.25, 0.3) is 0 Å². The summed E-state index contributed by atoms with van der Waals surface area (Å²) in [5.41, 5.74) is 0.978. The number of aliphatic hydroxyl groups is 1. The predicted octanol–water partition coefficient (Wildman–Crippen LogP) is 0.218. The highest BCUT2D eigenvalue weighted by molar-refractivity contribution is 5.83. The summed E-state index contributed by atoms with van der Waals surface area (Å²) in [4.78, 5) is 36.3. The van der Waals surface area contributed by atoms with E-state index in [1.54, 1.807) is 6.20 Å².